The number of hydrogen-bond acceptors (Lipinski definition) is 4. The highest BCUT2D eigenvalue weighted by Crippen LogP contribution is 2.25. The molecule has 2 aromatic carbocycles. The monoisotopic (exact) mass is 390 g/mol. The highest BCUT2D eigenvalue weighted by molar-refractivity contribution is 7.92. The van der Waals surface area contributed by atoms with Crippen LogP contribution in [-0.4, -0.2) is 40.3 Å². The number of carbonyl (C=O) groups is 1. The van der Waals surface area contributed by atoms with E-state index in [0.717, 1.165) is 11.8 Å². The standard InChI is InChI=1S/C20H26N2O4S/c1-4-19(20(23)21-15-14-16-8-6-5-7-9-16)22(27(3,24)25)17-10-12-18(26-2)13-11-17/h5-13,19H,4,14-15H2,1-3H3,(H,21,23). The second-order valence-corrected chi connectivity index (χ2v) is 8.07. The third-order valence-corrected chi connectivity index (χ3v) is 5.39. The zero-order valence-electron chi connectivity index (χ0n) is 15.9. The molecule has 0 fully saturated rings. The molecule has 0 bridgehead atoms. The fourth-order valence-electron chi connectivity index (χ4n) is 2.88. The van der Waals surface area contributed by atoms with Gasteiger partial charge in [0.25, 0.3) is 0 Å². The van der Waals surface area contributed by atoms with Crippen molar-refractivity contribution in [2.45, 2.75) is 25.8 Å². The topological polar surface area (TPSA) is 75.7 Å². The lowest BCUT2D eigenvalue weighted by Gasteiger charge is -2.30. The number of nitrogens with zero attached hydrogens (tertiary/aromatic N) is 1. The Morgan fingerprint density at radius 3 is 2.26 bits per heavy atom. The molecular formula is C20H26N2O4S. The van der Waals surface area contributed by atoms with Gasteiger partial charge >= 0.3 is 0 Å². The second-order valence-electron chi connectivity index (χ2n) is 6.21. The first-order valence-electron chi connectivity index (χ1n) is 8.82. The Morgan fingerprint density at radius 2 is 1.74 bits per heavy atom. The Balaban J connectivity index is 2.14. The van der Waals surface area contributed by atoms with E-state index in [1.165, 1.54) is 4.31 Å². The second kappa shape index (κ2) is 9.41. The van der Waals surface area contributed by atoms with E-state index in [1.807, 2.05) is 30.3 Å². The molecule has 0 spiro atoms. The van der Waals surface area contributed by atoms with E-state index in [-0.39, 0.29) is 5.91 Å². The molecule has 1 unspecified atom stereocenters. The summed E-state index contributed by atoms with van der Waals surface area (Å²) in [5.41, 5.74) is 1.55. The molecule has 2 rings (SSSR count). The first kappa shape index (κ1) is 20.8. The Bertz CT molecular complexity index is 836. The van der Waals surface area contributed by atoms with Gasteiger partial charge in [-0.1, -0.05) is 37.3 Å². The molecule has 0 saturated carbocycles. The molecule has 0 heterocycles. The molecule has 1 N–H and O–H groups in total. The summed E-state index contributed by atoms with van der Waals surface area (Å²) < 4.78 is 31.1. The van der Waals surface area contributed by atoms with Crippen molar-refractivity contribution in [3.63, 3.8) is 0 Å². The lowest BCUT2D eigenvalue weighted by atomic mass is 10.1. The van der Waals surface area contributed by atoms with Gasteiger partial charge in [-0.2, -0.15) is 0 Å². The Morgan fingerprint density at radius 1 is 1.11 bits per heavy atom. The number of ether oxygens (including phenoxy) is 1. The first-order chi connectivity index (χ1) is 12.9. The molecule has 2 aromatic rings. The number of hydrogen-bond donors (Lipinski definition) is 1. The van der Waals surface area contributed by atoms with Crippen LogP contribution in [0.4, 0.5) is 5.69 Å². The number of nitrogens with one attached hydrogen (secondary N) is 1. The SMILES string of the molecule is CCC(C(=O)NCCc1ccccc1)N(c1ccc(OC)cc1)S(C)(=O)=O. The van der Waals surface area contributed by atoms with Gasteiger partial charge in [-0.25, -0.2) is 8.42 Å². The molecule has 0 aliphatic carbocycles. The van der Waals surface area contributed by atoms with Gasteiger partial charge < -0.3 is 10.1 Å². The van der Waals surface area contributed by atoms with Crippen molar-refractivity contribution in [3.05, 3.63) is 60.2 Å². The predicted octanol–water partition coefficient (Wildman–Crippen LogP) is 2.60. The van der Waals surface area contributed by atoms with E-state index >= 15 is 0 Å². The van der Waals surface area contributed by atoms with E-state index in [4.69, 9.17) is 4.74 Å². The number of rotatable bonds is 9. The first-order valence-corrected chi connectivity index (χ1v) is 10.7. The number of anilines is 1. The largest absolute Gasteiger partial charge is 0.497 e. The van der Waals surface area contributed by atoms with Gasteiger partial charge in [-0.15, -0.1) is 0 Å². The summed E-state index contributed by atoms with van der Waals surface area (Å²) in [6.07, 6.45) is 2.15. The molecule has 27 heavy (non-hydrogen) atoms. The third-order valence-electron chi connectivity index (χ3n) is 4.21. The number of sulfonamides is 1. The fraction of sp³-hybridized carbons (Fsp3) is 0.350. The van der Waals surface area contributed by atoms with Crippen LogP contribution in [0.1, 0.15) is 18.9 Å². The van der Waals surface area contributed by atoms with Crippen LogP contribution >= 0.6 is 0 Å². The summed E-state index contributed by atoms with van der Waals surface area (Å²) in [6, 6.07) is 15.6. The molecule has 0 radical (unpaired) electrons. The lowest BCUT2D eigenvalue weighted by Crippen LogP contribution is -2.49. The zero-order valence-corrected chi connectivity index (χ0v) is 16.7. The van der Waals surface area contributed by atoms with Crippen molar-refractivity contribution >= 4 is 21.6 Å². The number of methoxy groups -OCH3 is 1. The van der Waals surface area contributed by atoms with Gasteiger partial charge in [0.2, 0.25) is 15.9 Å². The van der Waals surface area contributed by atoms with E-state index < -0.39 is 16.1 Å². The quantitative estimate of drug-likeness (QED) is 0.714. The molecule has 0 aliphatic rings. The lowest BCUT2D eigenvalue weighted by molar-refractivity contribution is -0.122. The molecular weight excluding hydrogens is 364 g/mol. The number of amides is 1. The molecule has 1 amide bonds. The molecule has 146 valence electrons. The van der Waals surface area contributed by atoms with Crippen molar-refractivity contribution < 1.29 is 17.9 Å². The van der Waals surface area contributed by atoms with Crippen LogP contribution < -0.4 is 14.4 Å². The van der Waals surface area contributed by atoms with Gasteiger partial charge in [0.15, 0.2) is 0 Å². The minimum absolute atomic E-state index is 0.310. The van der Waals surface area contributed by atoms with E-state index in [9.17, 15) is 13.2 Å². The summed E-state index contributed by atoms with van der Waals surface area (Å²) in [7, 11) is -2.10. The third kappa shape index (κ3) is 5.72. The minimum Gasteiger partial charge on any atom is -0.497 e. The van der Waals surface area contributed by atoms with E-state index in [0.29, 0.717) is 30.8 Å². The van der Waals surface area contributed by atoms with Crippen molar-refractivity contribution in [1.82, 2.24) is 5.32 Å². The molecule has 0 aliphatic heterocycles. The maximum absolute atomic E-state index is 12.7. The van der Waals surface area contributed by atoms with Crippen molar-refractivity contribution in [1.29, 1.82) is 0 Å². The molecule has 6 nitrogen and oxygen atoms in total. The average Bonchev–Trinajstić information content (AvgIpc) is 2.66. The maximum atomic E-state index is 12.7. The van der Waals surface area contributed by atoms with Crippen LogP contribution in [0.2, 0.25) is 0 Å². The number of benzene rings is 2. The van der Waals surface area contributed by atoms with Crippen LogP contribution in [-0.2, 0) is 21.2 Å². The molecule has 1 atom stereocenters. The van der Waals surface area contributed by atoms with Crippen LogP contribution in [0.3, 0.4) is 0 Å². The Hall–Kier alpha value is -2.54. The molecule has 0 aromatic heterocycles. The summed E-state index contributed by atoms with van der Waals surface area (Å²) >= 11 is 0. The van der Waals surface area contributed by atoms with Crippen LogP contribution in [0.5, 0.6) is 5.75 Å². The summed E-state index contributed by atoms with van der Waals surface area (Å²) in [5, 5.41) is 2.86. The average molecular weight is 391 g/mol. The van der Waals surface area contributed by atoms with Crippen LogP contribution in [0.25, 0.3) is 0 Å². The normalized spacial score (nSPS) is 12.3. The Kier molecular flexibility index (Phi) is 7.24. The molecule has 0 saturated heterocycles. The van der Waals surface area contributed by atoms with Gasteiger partial charge in [-0.05, 0) is 42.7 Å². The van der Waals surface area contributed by atoms with Gasteiger partial charge in [0, 0.05) is 6.54 Å². The predicted molar refractivity (Wildman–Crippen MR) is 108 cm³/mol. The Labute approximate surface area is 161 Å². The van der Waals surface area contributed by atoms with Gasteiger partial charge in [0.1, 0.15) is 11.8 Å². The minimum atomic E-state index is -3.64. The van der Waals surface area contributed by atoms with Crippen LogP contribution in [0, 0.1) is 0 Å². The van der Waals surface area contributed by atoms with Gasteiger partial charge in [0.05, 0.1) is 19.1 Å². The highest BCUT2D eigenvalue weighted by atomic mass is 32.2. The fourth-order valence-corrected chi connectivity index (χ4v) is 4.09. The van der Waals surface area contributed by atoms with Crippen molar-refractivity contribution in [2.24, 2.45) is 0 Å². The van der Waals surface area contributed by atoms with Crippen molar-refractivity contribution in [2.75, 3.05) is 24.2 Å². The smallest absolute Gasteiger partial charge is 0.243 e. The molecule has 7 heteroatoms. The van der Waals surface area contributed by atoms with Gasteiger partial charge in [-0.3, -0.25) is 9.10 Å². The maximum Gasteiger partial charge on any atom is 0.243 e. The van der Waals surface area contributed by atoms with Crippen molar-refractivity contribution in [3.8, 4) is 5.75 Å². The summed E-state index contributed by atoms with van der Waals surface area (Å²) in [4.78, 5) is 12.7. The summed E-state index contributed by atoms with van der Waals surface area (Å²) in [5.74, 6) is 0.308. The van der Waals surface area contributed by atoms with Crippen LogP contribution in [0.15, 0.2) is 54.6 Å². The highest BCUT2D eigenvalue weighted by Gasteiger charge is 2.31. The van der Waals surface area contributed by atoms with E-state index in [1.54, 1.807) is 38.3 Å². The number of carbonyl (C=O) groups excluding carboxylic acids is 1. The zero-order chi connectivity index (χ0) is 19.9. The van der Waals surface area contributed by atoms with E-state index in [2.05, 4.69) is 5.32 Å². The summed E-state index contributed by atoms with van der Waals surface area (Å²) in [6.45, 7) is 2.24.